The molecule has 28 heavy (non-hydrogen) atoms. The van der Waals surface area contributed by atoms with Gasteiger partial charge in [-0.05, 0) is 35.7 Å². The molecule has 2 aromatic rings. The van der Waals surface area contributed by atoms with E-state index in [9.17, 15) is 13.5 Å². The zero-order chi connectivity index (χ0) is 19.6. The largest absolute Gasteiger partial charge is 0.508 e. The van der Waals surface area contributed by atoms with Crippen LogP contribution in [-0.4, -0.2) is 81.3 Å². The molecule has 2 aliphatic rings. The molecule has 2 fully saturated rings. The van der Waals surface area contributed by atoms with E-state index in [0.717, 1.165) is 25.3 Å². The van der Waals surface area contributed by atoms with Crippen LogP contribution in [0.5, 0.6) is 5.75 Å². The number of piperazine rings is 1. The molecule has 0 bridgehead atoms. The van der Waals surface area contributed by atoms with E-state index in [-0.39, 0.29) is 11.8 Å². The van der Waals surface area contributed by atoms with Crippen molar-refractivity contribution in [3.05, 3.63) is 41.8 Å². The fourth-order valence-electron chi connectivity index (χ4n) is 3.80. The Balaban J connectivity index is 1.57. The second-order valence-corrected chi connectivity index (χ2v) is 10.2. The number of phenolic OH excluding ortho intramolecular Hbond substituents is 1. The lowest BCUT2D eigenvalue weighted by atomic mass is 10.1. The zero-order valence-corrected chi connectivity index (χ0v) is 17.2. The van der Waals surface area contributed by atoms with Gasteiger partial charge in [0.25, 0.3) is 10.0 Å². The van der Waals surface area contributed by atoms with E-state index in [1.54, 1.807) is 34.0 Å². The normalized spacial score (nSPS) is 22.4. The molecule has 2 saturated heterocycles. The Labute approximate surface area is 169 Å². The number of sulfonamides is 1. The maximum absolute atomic E-state index is 13.0. The summed E-state index contributed by atoms with van der Waals surface area (Å²) in [5.74, 6) is 0.229. The molecule has 1 aromatic heterocycles. The number of aromatic hydroxyl groups is 1. The molecular formula is C19H25N3O4S2. The number of hydrogen-bond acceptors (Lipinski definition) is 7. The summed E-state index contributed by atoms with van der Waals surface area (Å²) in [6.07, 6.45) is 0. The molecule has 0 spiro atoms. The summed E-state index contributed by atoms with van der Waals surface area (Å²) in [7, 11) is -3.46. The molecule has 4 rings (SSSR count). The Hall–Kier alpha value is -1.65. The Kier molecular flexibility index (Phi) is 5.88. The van der Waals surface area contributed by atoms with E-state index in [4.69, 9.17) is 4.74 Å². The van der Waals surface area contributed by atoms with E-state index in [2.05, 4.69) is 9.80 Å². The van der Waals surface area contributed by atoms with Crippen LogP contribution in [0.4, 0.5) is 5.69 Å². The van der Waals surface area contributed by atoms with Crippen molar-refractivity contribution < 1.29 is 18.3 Å². The van der Waals surface area contributed by atoms with Crippen LogP contribution in [0.3, 0.4) is 0 Å². The first-order valence-electron chi connectivity index (χ1n) is 9.43. The third kappa shape index (κ3) is 4.18. The summed E-state index contributed by atoms with van der Waals surface area (Å²) in [5, 5.41) is 11.4. The molecule has 152 valence electrons. The lowest BCUT2D eigenvalue weighted by molar-refractivity contribution is 0.0332. The van der Waals surface area contributed by atoms with Crippen molar-refractivity contribution in [3.63, 3.8) is 0 Å². The van der Waals surface area contributed by atoms with Gasteiger partial charge in [0.15, 0.2) is 0 Å². The first kappa shape index (κ1) is 19.7. The molecule has 0 unspecified atom stereocenters. The summed E-state index contributed by atoms with van der Waals surface area (Å²) in [4.78, 5) is 4.60. The predicted molar refractivity (Wildman–Crippen MR) is 110 cm³/mol. The second kappa shape index (κ2) is 8.38. The van der Waals surface area contributed by atoms with Crippen molar-refractivity contribution in [1.82, 2.24) is 9.21 Å². The first-order valence-corrected chi connectivity index (χ1v) is 11.8. The van der Waals surface area contributed by atoms with Crippen molar-refractivity contribution in [2.75, 3.05) is 57.4 Å². The number of morpholine rings is 1. The zero-order valence-electron chi connectivity index (χ0n) is 15.6. The first-order chi connectivity index (χ1) is 13.5. The lowest BCUT2D eigenvalue weighted by Gasteiger charge is -2.44. The highest BCUT2D eigenvalue weighted by Gasteiger charge is 2.35. The van der Waals surface area contributed by atoms with Crippen molar-refractivity contribution in [3.8, 4) is 5.75 Å². The summed E-state index contributed by atoms with van der Waals surface area (Å²) in [5.41, 5.74) is 1.00. The Morgan fingerprint density at radius 1 is 1.07 bits per heavy atom. The monoisotopic (exact) mass is 423 g/mol. The van der Waals surface area contributed by atoms with Crippen LogP contribution in [0.1, 0.15) is 0 Å². The van der Waals surface area contributed by atoms with Gasteiger partial charge in [-0.2, -0.15) is 4.31 Å². The third-order valence-corrected chi connectivity index (χ3v) is 8.53. The summed E-state index contributed by atoms with van der Waals surface area (Å²) >= 11 is 1.26. The highest BCUT2D eigenvalue weighted by atomic mass is 32.2. The van der Waals surface area contributed by atoms with Gasteiger partial charge in [-0.3, -0.25) is 4.90 Å². The van der Waals surface area contributed by atoms with Gasteiger partial charge < -0.3 is 14.7 Å². The number of ether oxygens (including phenoxy) is 1. The SMILES string of the molecule is O=S(=O)(c1cccs1)N1CCN(c2ccc(O)cc2)[C@H](CN2CCOCC2)C1. The van der Waals surface area contributed by atoms with Crippen LogP contribution in [0.15, 0.2) is 46.0 Å². The molecule has 1 aromatic carbocycles. The highest BCUT2D eigenvalue weighted by Crippen LogP contribution is 2.28. The maximum atomic E-state index is 13.0. The minimum absolute atomic E-state index is 0.0335. The van der Waals surface area contributed by atoms with Gasteiger partial charge >= 0.3 is 0 Å². The number of benzene rings is 1. The molecule has 0 aliphatic carbocycles. The number of hydrogen-bond donors (Lipinski definition) is 1. The van der Waals surface area contributed by atoms with Gasteiger partial charge in [0, 0.05) is 45.0 Å². The Morgan fingerprint density at radius 2 is 1.82 bits per heavy atom. The number of thiophene rings is 1. The molecular weight excluding hydrogens is 398 g/mol. The van der Waals surface area contributed by atoms with Gasteiger partial charge in [-0.15, -0.1) is 11.3 Å². The van der Waals surface area contributed by atoms with Crippen molar-refractivity contribution in [1.29, 1.82) is 0 Å². The van der Waals surface area contributed by atoms with Crippen LogP contribution in [-0.2, 0) is 14.8 Å². The smallest absolute Gasteiger partial charge is 0.252 e. The molecule has 3 heterocycles. The molecule has 0 amide bonds. The molecule has 1 N–H and O–H groups in total. The van der Waals surface area contributed by atoms with Crippen LogP contribution in [0, 0.1) is 0 Å². The van der Waals surface area contributed by atoms with E-state index < -0.39 is 10.0 Å². The highest BCUT2D eigenvalue weighted by molar-refractivity contribution is 7.91. The van der Waals surface area contributed by atoms with Gasteiger partial charge in [0.2, 0.25) is 0 Å². The van der Waals surface area contributed by atoms with E-state index >= 15 is 0 Å². The van der Waals surface area contributed by atoms with Gasteiger partial charge in [0.05, 0.1) is 19.3 Å². The lowest BCUT2D eigenvalue weighted by Crippen LogP contribution is -2.59. The minimum atomic E-state index is -3.46. The van der Waals surface area contributed by atoms with E-state index in [0.29, 0.717) is 37.1 Å². The van der Waals surface area contributed by atoms with Crippen molar-refractivity contribution in [2.45, 2.75) is 10.3 Å². The minimum Gasteiger partial charge on any atom is -0.508 e. The van der Waals surface area contributed by atoms with Crippen LogP contribution >= 0.6 is 11.3 Å². The quantitative estimate of drug-likeness (QED) is 0.789. The Morgan fingerprint density at radius 3 is 2.50 bits per heavy atom. The second-order valence-electron chi connectivity index (χ2n) is 7.07. The fraction of sp³-hybridized carbons (Fsp3) is 0.474. The van der Waals surface area contributed by atoms with E-state index in [1.165, 1.54) is 11.3 Å². The number of phenols is 1. The summed E-state index contributed by atoms with van der Waals surface area (Å²) < 4.78 is 33.5. The van der Waals surface area contributed by atoms with Crippen molar-refractivity contribution in [2.24, 2.45) is 0 Å². The predicted octanol–water partition coefficient (Wildman–Crippen LogP) is 1.67. The van der Waals surface area contributed by atoms with Crippen LogP contribution < -0.4 is 4.90 Å². The summed E-state index contributed by atoms with van der Waals surface area (Å²) in [6, 6.07) is 10.6. The van der Waals surface area contributed by atoms with Gasteiger partial charge in [-0.25, -0.2) is 8.42 Å². The third-order valence-electron chi connectivity index (χ3n) is 5.29. The number of rotatable bonds is 5. The molecule has 0 radical (unpaired) electrons. The molecule has 7 nitrogen and oxygen atoms in total. The number of anilines is 1. The fourth-order valence-corrected chi connectivity index (χ4v) is 6.42. The van der Waals surface area contributed by atoms with E-state index in [1.807, 2.05) is 12.1 Å². The Bertz CT molecular complexity index is 865. The molecule has 1 atom stereocenters. The van der Waals surface area contributed by atoms with Gasteiger partial charge in [-0.1, -0.05) is 6.07 Å². The van der Waals surface area contributed by atoms with Gasteiger partial charge in [0.1, 0.15) is 9.96 Å². The number of nitrogens with zero attached hydrogens (tertiary/aromatic N) is 3. The molecule has 2 aliphatic heterocycles. The topological polar surface area (TPSA) is 73.3 Å². The maximum Gasteiger partial charge on any atom is 0.252 e. The summed E-state index contributed by atoms with van der Waals surface area (Å²) in [6.45, 7) is 5.42. The average molecular weight is 424 g/mol. The van der Waals surface area contributed by atoms with Crippen LogP contribution in [0.2, 0.25) is 0 Å². The standard InChI is InChI=1S/C19H25N3O4S2/c23-18-5-3-16(4-6-18)22-8-7-21(28(24,25)19-2-1-13-27-19)15-17(22)14-20-9-11-26-12-10-20/h1-6,13,17,23H,7-12,14-15H2/t17-/m1/s1. The van der Waals surface area contributed by atoms with Crippen molar-refractivity contribution >= 4 is 27.0 Å². The molecule has 0 saturated carbocycles. The average Bonchev–Trinajstić information content (AvgIpc) is 3.25. The van der Waals surface area contributed by atoms with Crippen LogP contribution in [0.25, 0.3) is 0 Å². The molecule has 9 heteroatoms.